The highest BCUT2D eigenvalue weighted by Crippen LogP contribution is 2.22. The normalized spacial score (nSPS) is 10.1. The van der Waals surface area contributed by atoms with Crippen molar-refractivity contribution >= 4 is 23.2 Å². The van der Waals surface area contributed by atoms with Gasteiger partial charge >= 0.3 is 0 Å². The number of nitrogen functional groups attached to an aromatic ring is 1. The summed E-state index contributed by atoms with van der Waals surface area (Å²) >= 11 is 0. The van der Waals surface area contributed by atoms with E-state index in [4.69, 9.17) is 5.73 Å². The number of carbonyl (C=O) groups excluding carboxylic acids is 1. The summed E-state index contributed by atoms with van der Waals surface area (Å²) in [7, 11) is 0. The van der Waals surface area contributed by atoms with E-state index in [9.17, 15) is 4.79 Å². The molecule has 25 heavy (non-hydrogen) atoms. The Morgan fingerprint density at radius 3 is 2.60 bits per heavy atom. The van der Waals surface area contributed by atoms with Crippen molar-refractivity contribution in [3.63, 3.8) is 0 Å². The van der Waals surface area contributed by atoms with Crippen LogP contribution in [0.25, 0.3) is 0 Å². The van der Waals surface area contributed by atoms with Crippen LogP contribution in [-0.4, -0.2) is 20.9 Å². The fourth-order valence-corrected chi connectivity index (χ4v) is 2.10. The number of rotatable bonds is 6. The quantitative estimate of drug-likeness (QED) is 0.507. The number of aromatic nitrogens is 3. The Hall–Kier alpha value is -3.68. The molecule has 0 saturated carbocycles. The van der Waals surface area contributed by atoms with E-state index in [1.807, 2.05) is 30.3 Å². The number of nitrogens with two attached hydrogens (primary N) is 1. The molecular weight excluding hydrogens is 318 g/mol. The smallest absolute Gasteiger partial charge is 0.271 e. The number of benzene rings is 1. The molecule has 0 radical (unpaired) electrons. The van der Waals surface area contributed by atoms with Gasteiger partial charge in [-0.2, -0.15) is 0 Å². The zero-order valence-corrected chi connectivity index (χ0v) is 13.3. The molecule has 0 saturated heterocycles. The molecule has 2 aromatic heterocycles. The van der Waals surface area contributed by atoms with Crippen LogP contribution in [0.5, 0.6) is 0 Å². The van der Waals surface area contributed by atoms with Crippen molar-refractivity contribution in [1.29, 1.82) is 0 Å². The number of anilines is 3. The molecule has 0 unspecified atom stereocenters. The largest absolute Gasteiger partial charge is 0.393 e. The predicted molar refractivity (Wildman–Crippen MR) is 95.5 cm³/mol. The van der Waals surface area contributed by atoms with Crippen molar-refractivity contribution in [2.45, 2.75) is 6.54 Å². The average molecular weight is 335 g/mol. The number of nitrogens with one attached hydrogen (secondary N) is 3. The first-order valence-electron chi connectivity index (χ1n) is 7.58. The third kappa shape index (κ3) is 4.20. The number of amides is 1. The first-order chi connectivity index (χ1) is 12.2. The minimum Gasteiger partial charge on any atom is -0.393 e. The lowest BCUT2D eigenvalue weighted by atomic mass is 10.2. The summed E-state index contributed by atoms with van der Waals surface area (Å²) in [4.78, 5) is 24.1. The monoisotopic (exact) mass is 335 g/mol. The Morgan fingerprint density at radius 1 is 1.04 bits per heavy atom. The molecule has 0 bridgehead atoms. The van der Waals surface area contributed by atoms with Gasteiger partial charge in [0.05, 0.1) is 5.56 Å². The molecule has 3 rings (SSSR count). The third-order valence-electron chi connectivity index (χ3n) is 3.40. The van der Waals surface area contributed by atoms with Gasteiger partial charge in [-0.15, -0.1) is 0 Å². The summed E-state index contributed by atoms with van der Waals surface area (Å²) in [5.74, 6) is 0.449. The fourth-order valence-electron chi connectivity index (χ4n) is 2.10. The Labute approximate surface area is 144 Å². The van der Waals surface area contributed by atoms with E-state index >= 15 is 0 Å². The van der Waals surface area contributed by atoms with Crippen molar-refractivity contribution in [2.24, 2.45) is 0 Å². The summed E-state index contributed by atoms with van der Waals surface area (Å²) in [6.07, 6.45) is 4.42. The number of hydrazine groups is 1. The highest BCUT2D eigenvalue weighted by atomic mass is 16.2. The first kappa shape index (κ1) is 16.2. The second kappa shape index (κ2) is 7.73. The molecule has 0 spiro atoms. The molecule has 8 heteroatoms. The molecule has 0 aliphatic heterocycles. The number of hydrogen-bond acceptors (Lipinski definition) is 7. The summed E-state index contributed by atoms with van der Waals surface area (Å²) < 4.78 is 0. The number of nitrogens with zero attached hydrogens (tertiary/aromatic N) is 3. The summed E-state index contributed by atoms with van der Waals surface area (Å²) in [5.41, 5.74) is 13.1. The van der Waals surface area contributed by atoms with Crippen LogP contribution >= 0.6 is 0 Å². The van der Waals surface area contributed by atoms with Crippen molar-refractivity contribution in [1.82, 2.24) is 20.4 Å². The lowest BCUT2D eigenvalue weighted by molar-refractivity contribution is 0.0962. The van der Waals surface area contributed by atoms with Crippen LogP contribution in [0.4, 0.5) is 17.3 Å². The molecule has 5 N–H and O–H groups in total. The maximum absolute atomic E-state index is 12.0. The van der Waals surface area contributed by atoms with E-state index in [1.165, 1.54) is 12.5 Å². The third-order valence-corrected chi connectivity index (χ3v) is 3.40. The van der Waals surface area contributed by atoms with Crippen molar-refractivity contribution < 1.29 is 4.79 Å². The van der Waals surface area contributed by atoms with Crippen LogP contribution in [0.1, 0.15) is 15.9 Å². The maximum Gasteiger partial charge on any atom is 0.271 e. The van der Waals surface area contributed by atoms with Crippen LogP contribution < -0.4 is 21.9 Å². The van der Waals surface area contributed by atoms with E-state index < -0.39 is 0 Å². The van der Waals surface area contributed by atoms with Gasteiger partial charge in [-0.1, -0.05) is 30.3 Å². The lowest BCUT2D eigenvalue weighted by Gasteiger charge is -2.13. The molecule has 3 aromatic rings. The van der Waals surface area contributed by atoms with Crippen LogP contribution in [0.3, 0.4) is 0 Å². The van der Waals surface area contributed by atoms with E-state index in [-0.39, 0.29) is 5.91 Å². The molecule has 126 valence electrons. The fraction of sp³-hybridized carbons (Fsp3) is 0.0588. The molecule has 2 heterocycles. The van der Waals surface area contributed by atoms with Gasteiger partial charge in [0.1, 0.15) is 12.0 Å². The summed E-state index contributed by atoms with van der Waals surface area (Å²) in [6.45, 7) is 0.573. The Bertz CT molecular complexity index is 840. The Kier molecular flexibility index (Phi) is 5.01. The van der Waals surface area contributed by atoms with Crippen LogP contribution in [0, 0.1) is 0 Å². The Balaban J connectivity index is 1.63. The lowest BCUT2D eigenvalue weighted by Crippen LogP contribution is -2.30. The molecule has 0 aliphatic carbocycles. The molecule has 1 amide bonds. The van der Waals surface area contributed by atoms with Gasteiger partial charge in [0.25, 0.3) is 5.91 Å². The first-order valence-corrected chi connectivity index (χ1v) is 7.58. The zero-order chi connectivity index (χ0) is 17.5. The summed E-state index contributed by atoms with van der Waals surface area (Å²) in [6, 6.07) is 13.2. The molecule has 0 fully saturated rings. The summed E-state index contributed by atoms with van der Waals surface area (Å²) in [5, 5.41) is 3.15. The second-order valence-corrected chi connectivity index (χ2v) is 5.14. The highest BCUT2D eigenvalue weighted by Gasteiger charge is 2.10. The van der Waals surface area contributed by atoms with Crippen molar-refractivity contribution in [3.8, 4) is 0 Å². The predicted octanol–water partition coefficient (Wildman–Crippen LogP) is 1.82. The van der Waals surface area contributed by atoms with E-state index in [0.717, 1.165) is 5.56 Å². The molecule has 0 aliphatic rings. The second-order valence-electron chi connectivity index (χ2n) is 5.14. The Morgan fingerprint density at radius 2 is 1.84 bits per heavy atom. The van der Waals surface area contributed by atoms with Crippen LogP contribution in [0.15, 0.2) is 61.2 Å². The van der Waals surface area contributed by atoms with Gasteiger partial charge in [0, 0.05) is 18.9 Å². The van der Waals surface area contributed by atoms with E-state index in [1.54, 1.807) is 18.3 Å². The number of pyridine rings is 1. The van der Waals surface area contributed by atoms with Gasteiger partial charge < -0.3 is 11.1 Å². The maximum atomic E-state index is 12.0. The van der Waals surface area contributed by atoms with E-state index in [2.05, 4.69) is 31.1 Å². The standard InChI is InChI=1S/C17H17N7O/c18-14-15(20-9-12-5-2-1-3-6-12)21-11-22-16(14)23-24-17(25)13-7-4-8-19-10-13/h1-8,10-11H,9,18H2,(H,24,25)(H2,20,21,22,23). The topological polar surface area (TPSA) is 118 Å². The van der Waals surface area contributed by atoms with Gasteiger partial charge in [-0.05, 0) is 17.7 Å². The molecule has 1 aromatic carbocycles. The van der Waals surface area contributed by atoms with Crippen LogP contribution in [-0.2, 0) is 6.54 Å². The van der Waals surface area contributed by atoms with Gasteiger partial charge in [0.2, 0.25) is 0 Å². The van der Waals surface area contributed by atoms with Gasteiger partial charge in [0.15, 0.2) is 11.6 Å². The van der Waals surface area contributed by atoms with Gasteiger partial charge in [-0.25, -0.2) is 9.97 Å². The van der Waals surface area contributed by atoms with E-state index in [0.29, 0.717) is 29.4 Å². The van der Waals surface area contributed by atoms with Gasteiger partial charge in [-0.3, -0.25) is 20.6 Å². The molecule has 0 atom stereocenters. The van der Waals surface area contributed by atoms with Crippen LogP contribution in [0.2, 0.25) is 0 Å². The minimum atomic E-state index is -0.343. The molecule has 8 nitrogen and oxygen atoms in total. The minimum absolute atomic E-state index is 0.308. The number of carbonyl (C=O) groups is 1. The highest BCUT2D eigenvalue weighted by molar-refractivity contribution is 5.94. The zero-order valence-electron chi connectivity index (χ0n) is 13.3. The SMILES string of the molecule is Nc1c(NCc2ccccc2)ncnc1NNC(=O)c1cccnc1. The average Bonchev–Trinajstić information content (AvgIpc) is 2.67. The number of hydrogen-bond donors (Lipinski definition) is 4. The van der Waals surface area contributed by atoms with Crippen molar-refractivity contribution in [2.75, 3.05) is 16.5 Å². The van der Waals surface area contributed by atoms with Crippen molar-refractivity contribution in [3.05, 3.63) is 72.3 Å². The molecular formula is C17H17N7O.